The van der Waals surface area contributed by atoms with Gasteiger partial charge in [-0.05, 0) is 37.0 Å². The first kappa shape index (κ1) is 18.7. The SMILES string of the molecule is CCN(CC)CCNC(=O)Cn1c(SC(F)F)nc2ccccc21. The number of benzene rings is 1. The lowest BCUT2D eigenvalue weighted by Crippen LogP contribution is -2.36. The Balaban J connectivity index is 2.06. The molecule has 0 spiro atoms. The van der Waals surface area contributed by atoms with Crippen molar-refractivity contribution in [1.29, 1.82) is 0 Å². The summed E-state index contributed by atoms with van der Waals surface area (Å²) >= 11 is 0.359. The normalized spacial score (nSPS) is 11.6. The summed E-state index contributed by atoms with van der Waals surface area (Å²) < 4.78 is 27.0. The lowest BCUT2D eigenvalue weighted by molar-refractivity contribution is -0.121. The Hall–Kier alpha value is -1.67. The van der Waals surface area contributed by atoms with E-state index in [4.69, 9.17) is 0 Å². The Morgan fingerprint density at radius 3 is 2.71 bits per heavy atom. The number of likely N-dealkylation sites (N-methyl/N-ethyl adjacent to an activating group) is 1. The minimum Gasteiger partial charge on any atom is -0.353 e. The second-order valence-corrected chi connectivity index (χ2v) is 6.18. The summed E-state index contributed by atoms with van der Waals surface area (Å²) in [6, 6.07) is 7.12. The third kappa shape index (κ3) is 4.91. The maximum Gasteiger partial charge on any atom is 0.291 e. The molecule has 24 heavy (non-hydrogen) atoms. The van der Waals surface area contributed by atoms with Crippen LogP contribution >= 0.6 is 11.8 Å². The number of imidazole rings is 1. The summed E-state index contributed by atoms with van der Waals surface area (Å²) in [5, 5.41) is 3.00. The van der Waals surface area contributed by atoms with Gasteiger partial charge in [-0.3, -0.25) is 4.79 Å². The number of hydrogen-bond donors (Lipinski definition) is 1. The number of nitrogens with one attached hydrogen (secondary N) is 1. The van der Waals surface area contributed by atoms with Crippen LogP contribution in [0.25, 0.3) is 11.0 Å². The molecule has 2 aromatic rings. The number of nitrogens with zero attached hydrogens (tertiary/aromatic N) is 3. The summed E-state index contributed by atoms with van der Waals surface area (Å²) in [6.45, 7) is 7.26. The summed E-state index contributed by atoms with van der Waals surface area (Å²) in [5.74, 6) is -2.78. The van der Waals surface area contributed by atoms with E-state index < -0.39 is 5.76 Å². The van der Waals surface area contributed by atoms with Crippen molar-refractivity contribution >= 4 is 28.7 Å². The minimum absolute atomic E-state index is 0.0200. The van der Waals surface area contributed by atoms with Gasteiger partial charge in [0.1, 0.15) is 6.54 Å². The van der Waals surface area contributed by atoms with Crippen LogP contribution in [0.5, 0.6) is 0 Å². The summed E-state index contributed by atoms with van der Waals surface area (Å²) in [7, 11) is 0. The summed E-state index contributed by atoms with van der Waals surface area (Å²) in [4.78, 5) is 18.6. The molecule has 0 bridgehead atoms. The van der Waals surface area contributed by atoms with Gasteiger partial charge < -0.3 is 14.8 Å². The zero-order valence-corrected chi connectivity index (χ0v) is 14.7. The molecule has 8 heteroatoms. The van der Waals surface area contributed by atoms with Gasteiger partial charge in [-0.2, -0.15) is 8.78 Å². The molecule has 0 atom stereocenters. The number of amides is 1. The molecule has 2 rings (SSSR count). The molecular weight excluding hydrogens is 334 g/mol. The smallest absolute Gasteiger partial charge is 0.291 e. The van der Waals surface area contributed by atoms with Crippen molar-refractivity contribution in [3.05, 3.63) is 24.3 Å². The van der Waals surface area contributed by atoms with Gasteiger partial charge in [0.15, 0.2) is 5.16 Å². The van der Waals surface area contributed by atoms with E-state index in [0.29, 0.717) is 29.3 Å². The average molecular weight is 356 g/mol. The zero-order chi connectivity index (χ0) is 17.5. The van der Waals surface area contributed by atoms with E-state index in [1.54, 1.807) is 28.8 Å². The van der Waals surface area contributed by atoms with Crippen LogP contribution in [0.1, 0.15) is 13.8 Å². The van der Waals surface area contributed by atoms with Gasteiger partial charge in [0.25, 0.3) is 5.76 Å². The van der Waals surface area contributed by atoms with Crippen molar-refractivity contribution in [2.75, 3.05) is 26.2 Å². The molecule has 0 radical (unpaired) electrons. The van der Waals surface area contributed by atoms with E-state index in [0.717, 1.165) is 19.6 Å². The molecule has 1 N–H and O–H groups in total. The molecule has 5 nitrogen and oxygen atoms in total. The van der Waals surface area contributed by atoms with Gasteiger partial charge in [0.2, 0.25) is 5.91 Å². The van der Waals surface area contributed by atoms with Crippen molar-refractivity contribution in [2.45, 2.75) is 31.3 Å². The minimum atomic E-state index is -2.58. The van der Waals surface area contributed by atoms with Gasteiger partial charge in [-0.15, -0.1) is 0 Å². The van der Waals surface area contributed by atoms with Crippen LogP contribution < -0.4 is 5.32 Å². The Morgan fingerprint density at radius 2 is 2.04 bits per heavy atom. The third-order valence-corrected chi connectivity index (χ3v) is 4.46. The average Bonchev–Trinajstić information content (AvgIpc) is 2.88. The van der Waals surface area contributed by atoms with E-state index in [1.165, 1.54) is 0 Å². The lowest BCUT2D eigenvalue weighted by atomic mass is 10.3. The highest BCUT2D eigenvalue weighted by molar-refractivity contribution is 7.99. The predicted octanol–water partition coefficient (Wildman–Crippen LogP) is 2.81. The molecule has 0 saturated carbocycles. The fourth-order valence-corrected chi connectivity index (χ4v) is 3.07. The van der Waals surface area contributed by atoms with Crippen molar-refractivity contribution in [3.8, 4) is 0 Å². The maximum atomic E-state index is 12.7. The van der Waals surface area contributed by atoms with Crippen LogP contribution in [0.15, 0.2) is 29.4 Å². The molecule has 0 aliphatic carbocycles. The number of alkyl halides is 2. The van der Waals surface area contributed by atoms with Crippen molar-refractivity contribution in [3.63, 3.8) is 0 Å². The maximum absolute atomic E-state index is 12.7. The monoisotopic (exact) mass is 356 g/mol. The van der Waals surface area contributed by atoms with Crippen LogP contribution in [0.2, 0.25) is 0 Å². The van der Waals surface area contributed by atoms with E-state index in [-0.39, 0.29) is 17.6 Å². The van der Waals surface area contributed by atoms with Crippen LogP contribution in [0.3, 0.4) is 0 Å². The standard InChI is InChI=1S/C16H22F2N4OS/c1-3-21(4-2)10-9-19-14(23)11-22-13-8-6-5-7-12(13)20-16(22)24-15(17)18/h5-8,15H,3-4,9-11H2,1-2H3,(H,19,23). The molecule has 0 aliphatic heterocycles. The van der Waals surface area contributed by atoms with E-state index in [1.807, 2.05) is 0 Å². The number of carbonyl (C=O) groups excluding carboxylic acids is 1. The van der Waals surface area contributed by atoms with Crippen LogP contribution in [-0.4, -0.2) is 52.3 Å². The second kappa shape index (κ2) is 8.98. The first-order chi connectivity index (χ1) is 11.5. The summed E-state index contributed by atoms with van der Waals surface area (Å²) in [5.41, 5.74) is 1.29. The van der Waals surface area contributed by atoms with Gasteiger partial charge in [0.05, 0.1) is 11.0 Å². The highest BCUT2D eigenvalue weighted by Crippen LogP contribution is 2.28. The predicted molar refractivity (Wildman–Crippen MR) is 92.4 cm³/mol. The number of para-hydroxylation sites is 2. The number of rotatable bonds is 9. The number of aromatic nitrogens is 2. The third-order valence-electron chi connectivity index (χ3n) is 3.76. The van der Waals surface area contributed by atoms with Gasteiger partial charge in [-0.25, -0.2) is 4.98 Å². The van der Waals surface area contributed by atoms with Crippen LogP contribution in [0, 0.1) is 0 Å². The van der Waals surface area contributed by atoms with Crippen molar-refractivity contribution in [2.24, 2.45) is 0 Å². The molecule has 1 amide bonds. The van der Waals surface area contributed by atoms with E-state index in [2.05, 4.69) is 29.0 Å². The fourth-order valence-electron chi connectivity index (χ4n) is 2.47. The molecule has 132 valence electrons. The Bertz CT molecular complexity index is 673. The first-order valence-electron chi connectivity index (χ1n) is 7.94. The molecule has 0 unspecified atom stereocenters. The highest BCUT2D eigenvalue weighted by Gasteiger charge is 2.17. The Morgan fingerprint density at radius 1 is 1.33 bits per heavy atom. The van der Waals surface area contributed by atoms with E-state index in [9.17, 15) is 13.6 Å². The summed E-state index contributed by atoms with van der Waals surface area (Å²) in [6.07, 6.45) is 0. The number of halogens is 2. The molecule has 1 aromatic heterocycles. The van der Waals surface area contributed by atoms with E-state index >= 15 is 0 Å². The van der Waals surface area contributed by atoms with Crippen LogP contribution in [0.4, 0.5) is 8.78 Å². The molecule has 1 heterocycles. The van der Waals surface area contributed by atoms with Crippen molar-refractivity contribution < 1.29 is 13.6 Å². The topological polar surface area (TPSA) is 50.2 Å². The molecular formula is C16H22F2N4OS. The largest absolute Gasteiger partial charge is 0.353 e. The first-order valence-corrected chi connectivity index (χ1v) is 8.82. The molecule has 0 fully saturated rings. The number of thioether (sulfide) groups is 1. The number of carbonyl (C=O) groups is 1. The lowest BCUT2D eigenvalue weighted by Gasteiger charge is -2.18. The Labute approximate surface area is 144 Å². The van der Waals surface area contributed by atoms with Gasteiger partial charge in [-0.1, -0.05) is 26.0 Å². The zero-order valence-electron chi connectivity index (χ0n) is 13.8. The molecule has 0 saturated heterocycles. The van der Waals surface area contributed by atoms with Gasteiger partial charge >= 0.3 is 0 Å². The quantitative estimate of drug-likeness (QED) is 0.702. The molecule has 1 aromatic carbocycles. The second-order valence-electron chi connectivity index (χ2n) is 5.22. The van der Waals surface area contributed by atoms with Gasteiger partial charge in [0, 0.05) is 13.1 Å². The number of fused-ring (bicyclic) bond motifs is 1. The Kier molecular flexibility index (Phi) is 6.99. The number of hydrogen-bond acceptors (Lipinski definition) is 4. The fraction of sp³-hybridized carbons (Fsp3) is 0.500. The van der Waals surface area contributed by atoms with Crippen molar-refractivity contribution in [1.82, 2.24) is 19.8 Å². The highest BCUT2D eigenvalue weighted by atomic mass is 32.2. The molecule has 0 aliphatic rings. The van der Waals surface area contributed by atoms with Crippen LogP contribution in [-0.2, 0) is 11.3 Å².